The number of rotatable bonds is 4. The Kier molecular flexibility index (Phi) is 5.02. The smallest absolute Gasteiger partial charge is 0.0937 e. The van der Waals surface area contributed by atoms with Crippen LogP contribution in [-0.4, -0.2) is 18.1 Å². The van der Waals surface area contributed by atoms with Gasteiger partial charge in [0.25, 0.3) is 0 Å². The standard InChI is InChI=1S/C11H15ClN2S/c1-3-13-7-11(15)14-10-6-9(12)5-4-8(10)2/h4-6,13H,3,7H2,1-2H3,(H,14,15). The van der Waals surface area contributed by atoms with Gasteiger partial charge in [0, 0.05) is 17.3 Å². The van der Waals surface area contributed by atoms with Crippen LogP contribution in [0.5, 0.6) is 0 Å². The first-order valence-corrected chi connectivity index (χ1v) is 5.69. The SMILES string of the molecule is CCNCC(=S)Nc1cc(Cl)ccc1C. The Balaban J connectivity index is 2.63. The fourth-order valence-electron chi connectivity index (χ4n) is 1.16. The molecule has 1 aromatic rings. The van der Waals surface area contributed by atoms with Crippen molar-refractivity contribution in [1.29, 1.82) is 0 Å². The zero-order chi connectivity index (χ0) is 11.3. The average molecular weight is 243 g/mol. The minimum Gasteiger partial charge on any atom is -0.349 e. The molecule has 0 aliphatic rings. The largest absolute Gasteiger partial charge is 0.349 e. The topological polar surface area (TPSA) is 24.1 Å². The molecule has 0 bridgehead atoms. The first-order chi connectivity index (χ1) is 7.13. The highest BCUT2D eigenvalue weighted by molar-refractivity contribution is 7.80. The molecule has 0 saturated carbocycles. The van der Waals surface area contributed by atoms with Crippen LogP contribution in [0, 0.1) is 6.92 Å². The summed E-state index contributed by atoms with van der Waals surface area (Å²) >= 11 is 11.1. The van der Waals surface area contributed by atoms with Crippen LogP contribution in [0.4, 0.5) is 5.69 Å². The predicted molar refractivity (Wildman–Crippen MR) is 71.0 cm³/mol. The molecule has 1 aromatic carbocycles. The number of aryl methyl sites for hydroxylation is 1. The Morgan fingerprint density at radius 3 is 2.87 bits per heavy atom. The normalized spacial score (nSPS) is 10.1. The second kappa shape index (κ2) is 6.05. The maximum atomic E-state index is 5.91. The third kappa shape index (κ3) is 4.16. The zero-order valence-corrected chi connectivity index (χ0v) is 10.5. The van der Waals surface area contributed by atoms with Crippen LogP contribution < -0.4 is 10.6 Å². The Morgan fingerprint density at radius 2 is 2.20 bits per heavy atom. The highest BCUT2D eigenvalue weighted by Gasteiger charge is 2.01. The van der Waals surface area contributed by atoms with Gasteiger partial charge >= 0.3 is 0 Å². The molecule has 0 aromatic heterocycles. The molecule has 0 aliphatic heterocycles. The van der Waals surface area contributed by atoms with E-state index in [0.29, 0.717) is 11.6 Å². The molecule has 0 atom stereocenters. The number of benzene rings is 1. The third-order valence-corrected chi connectivity index (χ3v) is 2.49. The summed E-state index contributed by atoms with van der Waals surface area (Å²) in [5, 5.41) is 7.05. The first kappa shape index (κ1) is 12.4. The first-order valence-electron chi connectivity index (χ1n) is 4.90. The number of thiocarbonyl (C=S) groups is 1. The number of anilines is 1. The second-order valence-corrected chi connectivity index (χ2v) is 4.22. The molecule has 2 nitrogen and oxygen atoms in total. The molecule has 0 spiro atoms. The average Bonchev–Trinajstić information content (AvgIpc) is 2.20. The van der Waals surface area contributed by atoms with Gasteiger partial charge in [0.05, 0.1) is 4.99 Å². The van der Waals surface area contributed by atoms with Gasteiger partial charge in [-0.05, 0) is 31.2 Å². The molecule has 0 radical (unpaired) electrons. The van der Waals surface area contributed by atoms with Crippen molar-refractivity contribution in [3.05, 3.63) is 28.8 Å². The fraction of sp³-hybridized carbons (Fsp3) is 0.364. The van der Waals surface area contributed by atoms with Gasteiger partial charge in [-0.2, -0.15) is 0 Å². The molecule has 0 aliphatic carbocycles. The molecule has 0 heterocycles. The molecule has 82 valence electrons. The van der Waals surface area contributed by atoms with Gasteiger partial charge in [-0.1, -0.05) is 36.8 Å². The monoisotopic (exact) mass is 242 g/mol. The Hall–Kier alpha value is -0.640. The molecule has 2 N–H and O–H groups in total. The lowest BCUT2D eigenvalue weighted by Crippen LogP contribution is -2.26. The van der Waals surface area contributed by atoms with Gasteiger partial charge < -0.3 is 10.6 Å². The number of nitrogens with one attached hydrogen (secondary N) is 2. The van der Waals surface area contributed by atoms with Gasteiger partial charge in [-0.15, -0.1) is 0 Å². The van der Waals surface area contributed by atoms with Crippen LogP contribution in [0.1, 0.15) is 12.5 Å². The predicted octanol–water partition coefficient (Wildman–Crippen LogP) is 3.00. The fourth-order valence-corrected chi connectivity index (χ4v) is 1.55. The van der Waals surface area contributed by atoms with Crippen LogP contribution >= 0.6 is 23.8 Å². The van der Waals surface area contributed by atoms with E-state index in [1.54, 1.807) is 0 Å². The summed E-state index contributed by atoms with van der Waals surface area (Å²) in [7, 11) is 0. The molecular weight excluding hydrogens is 228 g/mol. The van der Waals surface area contributed by atoms with E-state index >= 15 is 0 Å². The number of hydrogen-bond acceptors (Lipinski definition) is 2. The van der Waals surface area contributed by atoms with Crippen LogP contribution in [0.25, 0.3) is 0 Å². The lowest BCUT2D eigenvalue weighted by molar-refractivity contribution is 0.821. The van der Waals surface area contributed by atoms with Crippen LogP contribution in [0.3, 0.4) is 0 Å². The lowest BCUT2D eigenvalue weighted by atomic mass is 10.2. The van der Waals surface area contributed by atoms with Gasteiger partial charge in [-0.3, -0.25) is 0 Å². The maximum Gasteiger partial charge on any atom is 0.0937 e. The highest BCUT2D eigenvalue weighted by atomic mass is 35.5. The van der Waals surface area contributed by atoms with E-state index in [2.05, 4.69) is 10.6 Å². The molecule has 1 rings (SSSR count). The molecule has 4 heteroatoms. The quantitative estimate of drug-likeness (QED) is 0.794. The minimum atomic E-state index is 0.692. The van der Waals surface area contributed by atoms with E-state index in [1.807, 2.05) is 32.0 Å². The number of halogens is 1. The van der Waals surface area contributed by atoms with Crippen molar-refractivity contribution in [2.24, 2.45) is 0 Å². The molecule has 0 amide bonds. The van der Waals surface area contributed by atoms with Crippen LogP contribution in [0.2, 0.25) is 5.02 Å². The maximum absolute atomic E-state index is 5.91. The Bertz CT molecular complexity index is 352. The van der Waals surface area contributed by atoms with Crippen LogP contribution in [-0.2, 0) is 0 Å². The van der Waals surface area contributed by atoms with E-state index in [0.717, 1.165) is 22.8 Å². The summed E-state index contributed by atoms with van der Waals surface area (Å²) in [4.78, 5) is 0.780. The van der Waals surface area contributed by atoms with E-state index in [4.69, 9.17) is 23.8 Å². The Morgan fingerprint density at radius 1 is 1.47 bits per heavy atom. The highest BCUT2D eigenvalue weighted by Crippen LogP contribution is 2.19. The van der Waals surface area contributed by atoms with Crippen LogP contribution in [0.15, 0.2) is 18.2 Å². The summed E-state index contributed by atoms with van der Waals surface area (Å²) < 4.78 is 0. The molecule has 0 saturated heterocycles. The van der Waals surface area contributed by atoms with E-state index in [9.17, 15) is 0 Å². The molecule has 0 unspecified atom stereocenters. The van der Waals surface area contributed by atoms with Crippen molar-refractivity contribution in [2.75, 3.05) is 18.4 Å². The zero-order valence-electron chi connectivity index (χ0n) is 8.93. The van der Waals surface area contributed by atoms with E-state index in [1.165, 1.54) is 0 Å². The number of hydrogen-bond donors (Lipinski definition) is 2. The van der Waals surface area contributed by atoms with Crippen molar-refractivity contribution in [2.45, 2.75) is 13.8 Å². The summed E-state index contributed by atoms with van der Waals surface area (Å²) in [6.45, 7) is 5.68. The summed E-state index contributed by atoms with van der Waals surface area (Å²) in [5.74, 6) is 0. The van der Waals surface area contributed by atoms with Crippen molar-refractivity contribution >= 4 is 34.5 Å². The lowest BCUT2D eigenvalue weighted by Gasteiger charge is -2.11. The van der Waals surface area contributed by atoms with Crippen molar-refractivity contribution in [1.82, 2.24) is 5.32 Å². The molecule has 15 heavy (non-hydrogen) atoms. The third-order valence-electron chi connectivity index (χ3n) is 2.01. The number of likely N-dealkylation sites (N-methyl/N-ethyl adjacent to an activating group) is 1. The summed E-state index contributed by atoms with van der Waals surface area (Å²) in [6.07, 6.45) is 0. The van der Waals surface area contributed by atoms with Crippen molar-refractivity contribution < 1.29 is 0 Å². The molecule has 0 fully saturated rings. The van der Waals surface area contributed by atoms with E-state index < -0.39 is 0 Å². The van der Waals surface area contributed by atoms with Gasteiger partial charge in [0.1, 0.15) is 0 Å². The second-order valence-electron chi connectivity index (χ2n) is 3.29. The molecular formula is C11H15ClN2S. The summed E-state index contributed by atoms with van der Waals surface area (Å²) in [6, 6.07) is 5.73. The Labute approximate surface area is 101 Å². The van der Waals surface area contributed by atoms with Crippen molar-refractivity contribution in [3.63, 3.8) is 0 Å². The van der Waals surface area contributed by atoms with E-state index in [-0.39, 0.29) is 0 Å². The summed E-state index contributed by atoms with van der Waals surface area (Å²) in [5.41, 5.74) is 2.11. The minimum absolute atomic E-state index is 0.692. The van der Waals surface area contributed by atoms with Gasteiger partial charge in [-0.25, -0.2) is 0 Å². The van der Waals surface area contributed by atoms with Gasteiger partial charge in [0.15, 0.2) is 0 Å². The van der Waals surface area contributed by atoms with Gasteiger partial charge in [0.2, 0.25) is 0 Å². The van der Waals surface area contributed by atoms with Crippen molar-refractivity contribution in [3.8, 4) is 0 Å².